The van der Waals surface area contributed by atoms with Crippen molar-refractivity contribution in [2.75, 3.05) is 0 Å². The molecule has 1 aromatic carbocycles. The van der Waals surface area contributed by atoms with Crippen LogP contribution in [0.2, 0.25) is 5.15 Å². The molecule has 5 heteroatoms. The fourth-order valence-corrected chi connectivity index (χ4v) is 2.26. The Kier molecular flexibility index (Phi) is 3.11. The molecule has 3 nitrogen and oxygen atoms in total. The van der Waals surface area contributed by atoms with E-state index in [2.05, 4.69) is 4.98 Å². The lowest BCUT2D eigenvalue weighted by atomic mass is 10.2. The van der Waals surface area contributed by atoms with Crippen molar-refractivity contribution in [1.82, 2.24) is 9.55 Å². The van der Waals surface area contributed by atoms with Gasteiger partial charge in [-0.05, 0) is 30.5 Å². The minimum atomic E-state index is -0.284. The van der Waals surface area contributed by atoms with Crippen LogP contribution < -0.4 is 5.56 Å². The van der Waals surface area contributed by atoms with Crippen molar-refractivity contribution in [2.45, 2.75) is 25.3 Å². The number of rotatable bonds is 3. The van der Waals surface area contributed by atoms with Gasteiger partial charge in [-0.2, -0.15) is 0 Å². The van der Waals surface area contributed by atoms with Crippen molar-refractivity contribution in [2.24, 2.45) is 0 Å². The molecule has 0 radical (unpaired) electrons. The first-order chi connectivity index (χ1) is 9.13. The van der Waals surface area contributed by atoms with E-state index in [1.54, 1.807) is 16.7 Å². The SMILES string of the molecule is O=c1cc(Cl)nc(C2CC2)n1Cc1ccc(F)cc1. The van der Waals surface area contributed by atoms with Crippen LogP contribution in [0.3, 0.4) is 0 Å². The number of nitrogens with zero attached hydrogens (tertiary/aromatic N) is 2. The molecule has 1 saturated carbocycles. The molecule has 0 N–H and O–H groups in total. The lowest BCUT2D eigenvalue weighted by Gasteiger charge is -2.11. The van der Waals surface area contributed by atoms with Crippen molar-refractivity contribution < 1.29 is 4.39 Å². The van der Waals surface area contributed by atoms with E-state index in [1.165, 1.54) is 18.2 Å². The molecular weight excluding hydrogens is 267 g/mol. The standard InChI is InChI=1S/C14H12ClFN2O/c15-12-7-13(19)18(14(17-12)10-3-4-10)8-9-1-5-11(16)6-2-9/h1-2,5-7,10H,3-4,8H2. The van der Waals surface area contributed by atoms with Gasteiger partial charge < -0.3 is 0 Å². The molecule has 3 rings (SSSR count). The number of hydrogen-bond acceptors (Lipinski definition) is 2. The van der Waals surface area contributed by atoms with Gasteiger partial charge in [0, 0.05) is 12.0 Å². The fourth-order valence-electron chi connectivity index (χ4n) is 2.08. The third-order valence-electron chi connectivity index (χ3n) is 3.20. The van der Waals surface area contributed by atoms with Gasteiger partial charge in [-0.15, -0.1) is 0 Å². The molecule has 0 aliphatic heterocycles. The highest BCUT2D eigenvalue weighted by molar-refractivity contribution is 6.29. The summed E-state index contributed by atoms with van der Waals surface area (Å²) in [6.45, 7) is 0.398. The molecule has 1 aromatic heterocycles. The zero-order valence-corrected chi connectivity index (χ0v) is 10.9. The molecule has 0 spiro atoms. The largest absolute Gasteiger partial charge is 0.292 e. The quantitative estimate of drug-likeness (QED) is 0.809. The van der Waals surface area contributed by atoms with Crippen molar-refractivity contribution in [3.05, 3.63) is 63.0 Å². The zero-order chi connectivity index (χ0) is 13.4. The van der Waals surface area contributed by atoms with Gasteiger partial charge in [0.15, 0.2) is 0 Å². The Labute approximate surface area is 114 Å². The summed E-state index contributed by atoms with van der Waals surface area (Å²) in [6.07, 6.45) is 2.08. The second-order valence-corrected chi connectivity index (χ2v) is 5.15. The first kappa shape index (κ1) is 12.4. The van der Waals surface area contributed by atoms with Crippen LogP contribution in [0.1, 0.15) is 30.1 Å². The maximum absolute atomic E-state index is 12.9. The third-order valence-corrected chi connectivity index (χ3v) is 3.40. The lowest BCUT2D eigenvalue weighted by Crippen LogP contribution is -2.24. The van der Waals surface area contributed by atoms with Crippen LogP contribution >= 0.6 is 11.6 Å². The number of hydrogen-bond donors (Lipinski definition) is 0. The molecule has 2 aromatic rings. The minimum Gasteiger partial charge on any atom is -0.292 e. The predicted octanol–water partition coefficient (Wildman–Crippen LogP) is 2.96. The Balaban J connectivity index is 1.99. The topological polar surface area (TPSA) is 34.9 Å². The Morgan fingerprint density at radius 2 is 2.00 bits per heavy atom. The van der Waals surface area contributed by atoms with Gasteiger partial charge in [-0.25, -0.2) is 9.37 Å². The summed E-state index contributed by atoms with van der Waals surface area (Å²) in [5.74, 6) is 0.779. The smallest absolute Gasteiger partial charge is 0.255 e. The highest BCUT2D eigenvalue weighted by Gasteiger charge is 2.28. The number of halogens is 2. The van der Waals surface area contributed by atoms with E-state index >= 15 is 0 Å². The predicted molar refractivity (Wildman–Crippen MR) is 71.0 cm³/mol. The molecular formula is C14H12ClFN2O. The summed E-state index contributed by atoms with van der Waals surface area (Å²) < 4.78 is 14.5. The van der Waals surface area contributed by atoms with Crippen LogP contribution in [-0.4, -0.2) is 9.55 Å². The first-order valence-corrected chi connectivity index (χ1v) is 6.53. The molecule has 1 heterocycles. The number of aromatic nitrogens is 2. The average molecular weight is 279 g/mol. The van der Waals surface area contributed by atoms with Gasteiger partial charge >= 0.3 is 0 Å². The van der Waals surface area contributed by atoms with Crippen molar-refractivity contribution in [3.8, 4) is 0 Å². The Hall–Kier alpha value is -1.68. The second kappa shape index (κ2) is 4.78. The van der Waals surface area contributed by atoms with E-state index in [0.717, 1.165) is 24.2 Å². The second-order valence-electron chi connectivity index (χ2n) is 4.76. The summed E-state index contributed by atoms with van der Waals surface area (Å²) in [5.41, 5.74) is 0.709. The maximum Gasteiger partial charge on any atom is 0.255 e. The summed E-state index contributed by atoms with van der Waals surface area (Å²) >= 11 is 5.84. The summed E-state index contributed by atoms with van der Waals surface area (Å²) in [4.78, 5) is 16.3. The van der Waals surface area contributed by atoms with E-state index in [4.69, 9.17) is 11.6 Å². The molecule has 0 unspecified atom stereocenters. The lowest BCUT2D eigenvalue weighted by molar-refractivity contribution is 0.624. The van der Waals surface area contributed by atoms with Gasteiger partial charge in [0.25, 0.3) is 5.56 Å². The molecule has 1 aliphatic rings. The number of benzene rings is 1. The summed E-state index contributed by atoms with van der Waals surface area (Å²) in [6, 6.07) is 7.44. The summed E-state index contributed by atoms with van der Waals surface area (Å²) in [5, 5.41) is 0.238. The highest BCUT2D eigenvalue weighted by atomic mass is 35.5. The molecule has 0 atom stereocenters. The highest BCUT2D eigenvalue weighted by Crippen LogP contribution is 2.38. The van der Waals surface area contributed by atoms with Crippen LogP contribution in [0.5, 0.6) is 0 Å². The van der Waals surface area contributed by atoms with E-state index in [-0.39, 0.29) is 16.5 Å². The zero-order valence-electron chi connectivity index (χ0n) is 10.1. The van der Waals surface area contributed by atoms with Crippen molar-refractivity contribution in [3.63, 3.8) is 0 Å². The van der Waals surface area contributed by atoms with Crippen LogP contribution in [-0.2, 0) is 6.54 Å². The molecule has 1 aliphatic carbocycles. The maximum atomic E-state index is 12.9. The molecule has 1 fully saturated rings. The van der Waals surface area contributed by atoms with Gasteiger partial charge in [-0.3, -0.25) is 9.36 Å². The monoisotopic (exact) mass is 278 g/mol. The fraction of sp³-hybridized carbons (Fsp3) is 0.286. The molecule has 98 valence electrons. The normalized spacial score (nSPS) is 14.6. The van der Waals surface area contributed by atoms with Gasteiger partial charge in [0.1, 0.15) is 16.8 Å². The Morgan fingerprint density at radius 1 is 1.32 bits per heavy atom. The van der Waals surface area contributed by atoms with Crippen LogP contribution in [0.15, 0.2) is 35.1 Å². The van der Waals surface area contributed by atoms with Gasteiger partial charge in [0.05, 0.1) is 6.54 Å². The molecule has 19 heavy (non-hydrogen) atoms. The van der Waals surface area contributed by atoms with Crippen LogP contribution in [0.4, 0.5) is 4.39 Å². The van der Waals surface area contributed by atoms with Crippen LogP contribution in [0, 0.1) is 5.82 Å². The van der Waals surface area contributed by atoms with E-state index in [1.807, 2.05) is 0 Å². The minimum absolute atomic E-state index is 0.161. The Morgan fingerprint density at radius 3 is 2.63 bits per heavy atom. The molecule has 0 amide bonds. The Bertz CT molecular complexity index is 662. The van der Waals surface area contributed by atoms with E-state index < -0.39 is 0 Å². The first-order valence-electron chi connectivity index (χ1n) is 6.15. The molecule has 0 saturated heterocycles. The average Bonchev–Trinajstić information content (AvgIpc) is 3.19. The van der Waals surface area contributed by atoms with Gasteiger partial charge in [0.2, 0.25) is 0 Å². The van der Waals surface area contributed by atoms with Gasteiger partial charge in [-0.1, -0.05) is 23.7 Å². The molecule has 0 bridgehead atoms. The summed E-state index contributed by atoms with van der Waals surface area (Å²) in [7, 11) is 0. The van der Waals surface area contributed by atoms with Crippen LogP contribution in [0.25, 0.3) is 0 Å². The van der Waals surface area contributed by atoms with E-state index in [9.17, 15) is 9.18 Å². The van der Waals surface area contributed by atoms with Crippen molar-refractivity contribution >= 4 is 11.6 Å². The third kappa shape index (κ3) is 2.68. The van der Waals surface area contributed by atoms with E-state index in [0.29, 0.717) is 12.5 Å². The van der Waals surface area contributed by atoms with Crippen molar-refractivity contribution in [1.29, 1.82) is 0 Å².